The van der Waals surface area contributed by atoms with Gasteiger partial charge in [0.05, 0.1) is 22.7 Å². The third-order valence-electron chi connectivity index (χ3n) is 10.1. The van der Waals surface area contributed by atoms with Crippen molar-refractivity contribution in [3.63, 3.8) is 0 Å². The molecule has 10 nitrogen and oxygen atoms in total. The number of carbonyl (C=O) groups is 3. The summed E-state index contributed by atoms with van der Waals surface area (Å²) in [5.41, 5.74) is -0.278. The highest BCUT2D eigenvalue weighted by Gasteiger charge is 2.56. The maximum atomic E-state index is 14.1. The van der Waals surface area contributed by atoms with E-state index in [9.17, 15) is 18.9 Å². The van der Waals surface area contributed by atoms with Crippen molar-refractivity contribution in [2.75, 3.05) is 6.61 Å². The Balaban J connectivity index is 1.92. The summed E-state index contributed by atoms with van der Waals surface area (Å²) in [5.74, 6) is -2.15. The lowest BCUT2D eigenvalue weighted by atomic mass is 9.92. The van der Waals surface area contributed by atoms with Gasteiger partial charge in [-0.1, -0.05) is 87.5 Å². The van der Waals surface area contributed by atoms with E-state index in [1.54, 1.807) is 103 Å². The van der Waals surface area contributed by atoms with Crippen LogP contribution >= 0.6 is 11.8 Å². The molecule has 13 heteroatoms. The van der Waals surface area contributed by atoms with Crippen molar-refractivity contribution in [3.8, 4) is 0 Å². The zero-order chi connectivity index (χ0) is 42.7. The van der Waals surface area contributed by atoms with Gasteiger partial charge in [-0.3, -0.25) is 0 Å². The Morgan fingerprint density at radius 1 is 0.759 bits per heavy atom. The van der Waals surface area contributed by atoms with Gasteiger partial charge in [-0.05, 0) is 88.1 Å². The van der Waals surface area contributed by atoms with Crippen LogP contribution in [0.15, 0.2) is 116 Å². The number of ether oxygens (including phenoxy) is 4. The lowest BCUT2D eigenvalue weighted by Gasteiger charge is -2.47. The molecule has 0 spiro atoms. The van der Waals surface area contributed by atoms with Crippen LogP contribution in [0.3, 0.4) is 0 Å². The zero-order valence-electron chi connectivity index (χ0n) is 34.9. The molecule has 1 aliphatic heterocycles. The van der Waals surface area contributed by atoms with Crippen LogP contribution in [0.25, 0.3) is 0 Å². The molecular weight excluding hydrogens is 791 g/mol. The van der Waals surface area contributed by atoms with Gasteiger partial charge in [-0.2, -0.15) is 0 Å². The Morgan fingerprint density at radius 3 is 1.60 bits per heavy atom. The van der Waals surface area contributed by atoms with Crippen molar-refractivity contribution in [2.45, 2.75) is 118 Å². The van der Waals surface area contributed by atoms with Crippen LogP contribution in [-0.2, 0) is 34.7 Å². The molecule has 0 radical (unpaired) electrons. The number of allylic oxidation sites excluding steroid dienone is 1. The van der Waals surface area contributed by atoms with Crippen LogP contribution in [0, 0.1) is 0 Å². The molecular formula is C45H59NO9S2Si. The fourth-order valence-corrected chi connectivity index (χ4v) is 9.12. The Hall–Kier alpha value is -3.69. The topological polar surface area (TPSA) is 132 Å². The van der Waals surface area contributed by atoms with Gasteiger partial charge in [0.25, 0.3) is 0 Å². The van der Waals surface area contributed by atoms with Crippen LogP contribution in [0.4, 0.5) is 0 Å². The first-order valence-electron chi connectivity index (χ1n) is 19.5. The zero-order valence-corrected chi connectivity index (χ0v) is 37.5. The van der Waals surface area contributed by atoms with Crippen molar-refractivity contribution < 1.29 is 42.3 Å². The third kappa shape index (κ3) is 12.9. The maximum absolute atomic E-state index is 14.1. The highest BCUT2D eigenvalue weighted by Crippen LogP contribution is 2.41. The quantitative estimate of drug-likeness (QED) is 0.0432. The first-order valence-corrected chi connectivity index (χ1v) is 24.5. The molecule has 0 saturated carbocycles. The average Bonchev–Trinajstić information content (AvgIpc) is 3.18. The predicted octanol–water partition coefficient (Wildman–Crippen LogP) is 9.08. The molecule has 3 aromatic rings. The number of thioether (sulfide) groups is 1. The highest BCUT2D eigenvalue weighted by molar-refractivity contribution is 8.00. The molecule has 1 N–H and O–H groups in total. The fraction of sp³-hybridized carbons (Fsp3) is 0.444. The van der Waals surface area contributed by atoms with Gasteiger partial charge in [0.1, 0.15) is 16.3 Å². The summed E-state index contributed by atoms with van der Waals surface area (Å²) < 4.78 is 49.0. The fourth-order valence-electron chi connectivity index (χ4n) is 5.76. The van der Waals surface area contributed by atoms with Crippen LogP contribution in [0.5, 0.6) is 0 Å². The minimum atomic E-state index is -2.22. The van der Waals surface area contributed by atoms with E-state index in [2.05, 4.69) is 51.7 Å². The molecule has 8 atom stereocenters. The monoisotopic (exact) mass is 849 g/mol. The molecule has 0 amide bonds. The molecule has 1 heterocycles. The van der Waals surface area contributed by atoms with E-state index in [1.165, 1.54) is 11.8 Å². The molecule has 0 aliphatic carbocycles. The standard InChI is InChI=1S/C45H59NO9S2Si/c1-11-22-34(30-51-58(9,10)45(6,7)8)56-43-39(54-42(49)33-28-20-15-21-29-33)38(53-41(48)32-26-18-14-19-27-32)37(52-40(47)31-24-16-13-17-25-31)36(55-43)35(23-12-2)46-57(50)44(3,4)5/h11-21,24-29,34-39,43,46H,1-2,22-23,30H2,3-10H3/t34?,35-,36-,37+,38+,39-,43-,57?/m1/s1. The summed E-state index contributed by atoms with van der Waals surface area (Å²) >= 11 is -0.262. The second-order valence-electron chi connectivity index (χ2n) is 16.7. The van der Waals surface area contributed by atoms with Crippen molar-refractivity contribution in [1.29, 1.82) is 0 Å². The minimum Gasteiger partial charge on any atom is -0.598 e. The molecule has 0 aromatic heterocycles. The van der Waals surface area contributed by atoms with Crippen LogP contribution in [0.1, 0.15) is 85.5 Å². The number of hydrogen-bond donors (Lipinski definition) is 1. The Bertz CT molecular complexity index is 1800. The second kappa shape index (κ2) is 21.0. The Labute approximate surface area is 352 Å². The van der Waals surface area contributed by atoms with Crippen LogP contribution < -0.4 is 4.72 Å². The van der Waals surface area contributed by atoms with Crippen molar-refractivity contribution in [2.24, 2.45) is 0 Å². The lowest BCUT2D eigenvalue weighted by Crippen LogP contribution is -2.66. The summed E-state index contributed by atoms with van der Waals surface area (Å²) in [6.45, 7) is 24.7. The summed E-state index contributed by atoms with van der Waals surface area (Å²) in [6, 6.07) is 24.5. The molecule has 1 saturated heterocycles. The third-order valence-corrected chi connectivity index (χ3v) is 17.6. The molecule has 1 aliphatic rings. The van der Waals surface area contributed by atoms with Gasteiger partial charge in [0.2, 0.25) is 0 Å². The lowest BCUT2D eigenvalue weighted by molar-refractivity contribution is -0.205. The van der Waals surface area contributed by atoms with Gasteiger partial charge >= 0.3 is 17.9 Å². The van der Waals surface area contributed by atoms with Crippen LogP contribution in [0.2, 0.25) is 18.1 Å². The van der Waals surface area contributed by atoms with Crippen molar-refractivity contribution in [3.05, 3.63) is 133 Å². The van der Waals surface area contributed by atoms with E-state index < -0.39 is 78.2 Å². The highest BCUT2D eigenvalue weighted by atomic mass is 32.2. The summed E-state index contributed by atoms with van der Waals surface area (Å²) in [6.07, 6.45) is -1.01. The normalized spacial score (nSPS) is 21.5. The van der Waals surface area contributed by atoms with E-state index in [1.807, 2.05) is 20.8 Å². The largest absolute Gasteiger partial charge is 0.598 e. The number of benzene rings is 3. The van der Waals surface area contributed by atoms with E-state index in [0.29, 0.717) is 13.0 Å². The Kier molecular flexibility index (Phi) is 17.0. The molecule has 3 aromatic carbocycles. The van der Waals surface area contributed by atoms with E-state index in [4.69, 9.17) is 23.4 Å². The molecule has 0 bridgehead atoms. The van der Waals surface area contributed by atoms with Gasteiger partial charge in [-0.25, -0.2) is 14.4 Å². The van der Waals surface area contributed by atoms with Crippen molar-refractivity contribution in [1.82, 2.24) is 4.72 Å². The minimum absolute atomic E-state index is 0.0601. The summed E-state index contributed by atoms with van der Waals surface area (Å²) in [7, 11) is -2.22. The SMILES string of the molecule is C=CCC(CO[Si](C)(C)C(C)(C)C)S[C@H]1O[C@H]([C@@H](CC=C)N[S+]([O-])C(C)(C)C)[C@H](OC(=O)c2ccccc2)[C@H](OC(=O)c2ccccc2)[C@H]1OC(=O)c1ccccc1. The van der Waals surface area contributed by atoms with E-state index in [0.717, 1.165) is 0 Å². The smallest absolute Gasteiger partial charge is 0.338 e. The molecule has 2 unspecified atom stereocenters. The number of hydrogen-bond acceptors (Lipinski definition) is 11. The van der Waals surface area contributed by atoms with Gasteiger partial charge in [-0.15, -0.1) is 29.6 Å². The summed E-state index contributed by atoms with van der Waals surface area (Å²) in [4.78, 5) is 42.2. The second-order valence-corrected chi connectivity index (χ2v) is 24.9. The first-order chi connectivity index (χ1) is 27.4. The number of rotatable bonds is 18. The number of nitrogens with one attached hydrogen (secondary N) is 1. The first kappa shape index (κ1) is 47.0. The predicted molar refractivity (Wildman–Crippen MR) is 235 cm³/mol. The molecule has 1 fully saturated rings. The van der Waals surface area contributed by atoms with Crippen molar-refractivity contribution >= 4 is 49.3 Å². The van der Waals surface area contributed by atoms with Crippen LogP contribution in [-0.4, -0.2) is 83.3 Å². The molecule has 58 heavy (non-hydrogen) atoms. The number of esters is 3. The van der Waals surface area contributed by atoms with E-state index >= 15 is 0 Å². The molecule has 4 rings (SSSR count). The van der Waals surface area contributed by atoms with Gasteiger partial charge < -0.3 is 27.9 Å². The number of carbonyl (C=O) groups excluding carboxylic acids is 3. The van der Waals surface area contributed by atoms with Gasteiger partial charge in [0.15, 0.2) is 26.6 Å². The van der Waals surface area contributed by atoms with Gasteiger partial charge in [0, 0.05) is 23.2 Å². The molecule has 314 valence electrons. The maximum Gasteiger partial charge on any atom is 0.338 e. The van der Waals surface area contributed by atoms with E-state index in [-0.39, 0.29) is 33.4 Å². The summed E-state index contributed by atoms with van der Waals surface area (Å²) in [5, 5.41) is -0.311. The Morgan fingerprint density at radius 2 is 1.19 bits per heavy atom. The average molecular weight is 850 g/mol.